The fourth-order valence-corrected chi connectivity index (χ4v) is 4.19. The zero-order valence-corrected chi connectivity index (χ0v) is 18.0. The molecule has 1 aliphatic heterocycles. The second-order valence-electron chi connectivity index (χ2n) is 7.55. The predicted molar refractivity (Wildman–Crippen MR) is 117 cm³/mol. The minimum Gasteiger partial charge on any atom is -0.430 e. The van der Waals surface area contributed by atoms with Crippen molar-refractivity contribution in [3.8, 4) is 10.9 Å². The van der Waals surface area contributed by atoms with E-state index in [1.54, 1.807) is 4.90 Å². The van der Waals surface area contributed by atoms with E-state index in [0.717, 1.165) is 44.1 Å². The van der Waals surface area contributed by atoms with Gasteiger partial charge in [-0.3, -0.25) is 4.79 Å². The number of nitrogens with one attached hydrogen (secondary N) is 1. The molecule has 0 atom stereocenters. The largest absolute Gasteiger partial charge is 0.430 e. The molecule has 1 aliphatic rings. The van der Waals surface area contributed by atoms with Gasteiger partial charge in [0, 0.05) is 18.0 Å². The van der Waals surface area contributed by atoms with Crippen LogP contribution in [0.4, 0.5) is 0 Å². The Bertz CT molecular complexity index is 951. The number of ether oxygens (including phenoxy) is 1. The highest BCUT2D eigenvalue weighted by atomic mass is 32.1. The van der Waals surface area contributed by atoms with Crippen molar-refractivity contribution in [2.24, 2.45) is 0 Å². The van der Waals surface area contributed by atoms with Gasteiger partial charge in [-0.25, -0.2) is 0 Å². The molecule has 0 unspecified atom stereocenters. The molecule has 1 fully saturated rings. The Kier molecular flexibility index (Phi) is 6.71. The van der Waals surface area contributed by atoms with Crippen LogP contribution in [0.15, 0.2) is 54.6 Å². The van der Waals surface area contributed by atoms with Gasteiger partial charge in [0.15, 0.2) is 5.82 Å². The van der Waals surface area contributed by atoms with E-state index in [1.165, 1.54) is 17.1 Å². The highest BCUT2D eigenvalue weighted by Crippen LogP contribution is 2.24. The van der Waals surface area contributed by atoms with Gasteiger partial charge >= 0.3 is 0 Å². The molecule has 4 rings (SSSR count). The van der Waals surface area contributed by atoms with Crippen LogP contribution in [0.2, 0.25) is 0 Å². The van der Waals surface area contributed by atoms with Crippen LogP contribution in [0.3, 0.4) is 0 Å². The Labute approximate surface area is 181 Å². The molecule has 7 heteroatoms. The van der Waals surface area contributed by atoms with Gasteiger partial charge in [-0.1, -0.05) is 42.5 Å². The minimum absolute atomic E-state index is 0.202. The summed E-state index contributed by atoms with van der Waals surface area (Å²) in [5.74, 6) is 1.66. The topological polar surface area (TPSA) is 59.8 Å². The van der Waals surface area contributed by atoms with E-state index in [4.69, 9.17) is 4.74 Å². The van der Waals surface area contributed by atoms with E-state index in [9.17, 15) is 4.79 Å². The summed E-state index contributed by atoms with van der Waals surface area (Å²) in [6.07, 6.45) is 1.12. The van der Waals surface area contributed by atoms with Gasteiger partial charge in [0.25, 0.3) is 5.19 Å². The lowest BCUT2D eigenvalue weighted by molar-refractivity contribution is -0.902. The monoisotopic (exact) mass is 423 g/mol. The lowest BCUT2D eigenvalue weighted by atomic mass is 10.1. The molecule has 0 spiro atoms. The quantitative estimate of drug-likeness (QED) is 0.633. The van der Waals surface area contributed by atoms with Gasteiger partial charge in [0.1, 0.15) is 5.75 Å². The number of hydrogen-bond donors (Lipinski definition) is 1. The predicted octanol–water partition coefficient (Wildman–Crippen LogP) is 2.21. The van der Waals surface area contributed by atoms with Crippen LogP contribution in [0.25, 0.3) is 0 Å². The molecule has 30 heavy (non-hydrogen) atoms. The molecule has 0 saturated carbocycles. The zero-order chi connectivity index (χ0) is 20.8. The van der Waals surface area contributed by atoms with Crippen molar-refractivity contribution in [2.45, 2.75) is 19.8 Å². The number of rotatable bonds is 7. The third kappa shape index (κ3) is 5.43. The van der Waals surface area contributed by atoms with Gasteiger partial charge in [0.05, 0.1) is 39.1 Å². The Morgan fingerprint density at radius 1 is 1.07 bits per heavy atom. The molecule has 0 radical (unpaired) electrons. The molecule has 0 aliphatic carbocycles. The summed E-state index contributed by atoms with van der Waals surface area (Å²) >= 11 is 1.25. The SMILES string of the molecule is CC[NH+]1CCN(C(=O)Cc2ccc(Oc3nc(Cc4ccccc4)ns3)cc2)CC1. The third-order valence-corrected chi connectivity index (χ3v) is 6.09. The number of benzene rings is 2. The molecule has 2 aromatic carbocycles. The average molecular weight is 424 g/mol. The van der Waals surface area contributed by atoms with E-state index in [0.29, 0.717) is 23.8 Å². The van der Waals surface area contributed by atoms with Crippen molar-refractivity contribution < 1.29 is 14.4 Å². The zero-order valence-electron chi connectivity index (χ0n) is 17.2. The van der Waals surface area contributed by atoms with Crippen molar-refractivity contribution in [3.05, 3.63) is 71.5 Å². The maximum Gasteiger partial charge on any atom is 0.298 e. The Morgan fingerprint density at radius 2 is 1.80 bits per heavy atom. The normalized spacial score (nSPS) is 14.6. The standard InChI is InChI=1S/C23H26N4O2S/c1-2-26-12-14-27(15-13-26)22(28)17-19-8-10-20(11-9-19)29-23-24-21(25-30-23)16-18-6-4-3-5-7-18/h3-11H,2,12-17H2,1H3/p+1. The van der Waals surface area contributed by atoms with Crippen LogP contribution >= 0.6 is 11.5 Å². The molecular weight excluding hydrogens is 396 g/mol. The first-order valence-electron chi connectivity index (χ1n) is 10.4. The number of carbonyl (C=O) groups excluding carboxylic acids is 1. The summed E-state index contributed by atoms with van der Waals surface area (Å²) in [7, 11) is 0. The molecule has 0 bridgehead atoms. The van der Waals surface area contributed by atoms with E-state index in [1.807, 2.05) is 47.4 Å². The number of likely N-dealkylation sites (N-methyl/N-ethyl adjacent to an activating group) is 1. The summed E-state index contributed by atoms with van der Waals surface area (Å²) < 4.78 is 10.2. The molecule has 2 heterocycles. The number of piperazine rings is 1. The van der Waals surface area contributed by atoms with E-state index >= 15 is 0 Å². The summed E-state index contributed by atoms with van der Waals surface area (Å²) in [4.78, 5) is 20.6. The summed E-state index contributed by atoms with van der Waals surface area (Å²) in [5, 5.41) is 0.529. The second-order valence-corrected chi connectivity index (χ2v) is 8.26. The molecular formula is C23H27N4O2S+. The van der Waals surface area contributed by atoms with E-state index in [2.05, 4.69) is 28.4 Å². The van der Waals surface area contributed by atoms with Crippen molar-refractivity contribution in [3.63, 3.8) is 0 Å². The summed E-state index contributed by atoms with van der Waals surface area (Å²) in [6.45, 7) is 7.12. The average Bonchev–Trinajstić information content (AvgIpc) is 3.22. The number of nitrogens with zero attached hydrogens (tertiary/aromatic N) is 3. The lowest BCUT2D eigenvalue weighted by Crippen LogP contribution is -3.14. The van der Waals surface area contributed by atoms with Crippen LogP contribution in [0.5, 0.6) is 10.9 Å². The first-order chi connectivity index (χ1) is 14.7. The van der Waals surface area contributed by atoms with Crippen LogP contribution in [-0.2, 0) is 17.6 Å². The Morgan fingerprint density at radius 3 is 2.50 bits per heavy atom. The molecule has 1 aromatic heterocycles. The molecule has 1 amide bonds. The molecule has 1 N–H and O–H groups in total. The number of hydrogen-bond acceptors (Lipinski definition) is 5. The second kappa shape index (κ2) is 9.82. The first-order valence-corrected chi connectivity index (χ1v) is 11.2. The van der Waals surface area contributed by atoms with Gasteiger partial charge in [-0.2, -0.15) is 9.36 Å². The minimum atomic E-state index is 0.202. The summed E-state index contributed by atoms with van der Waals surface area (Å²) in [5.41, 5.74) is 2.17. The molecule has 3 aromatic rings. The number of carbonyl (C=O) groups is 1. The van der Waals surface area contributed by atoms with Gasteiger partial charge in [-0.05, 0) is 30.2 Å². The number of quaternary nitrogens is 1. The van der Waals surface area contributed by atoms with Crippen molar-refractivity contribution in [1.29, 1.82) is 0 Å². The van der Waals surface area contributed by atoms with Crippen molar-refractivity contribution in [2.75, 3.05) is 32.7 Å². The Hall–Kier alpha value is -2.77. The first kappa shape index (κ1) is 20.5. The lowest BCUT2D eigenvalue weighted by Gasteiger charge is -2.31. The van der Waals surface area contributed by atoms with Crippen LogP contribution in [0, 0.1) is 0 Å². The van der Waals surface area contributed by atoms with Gasteiger partial charge in [0.2, 0.25) is 5.91 Å². The fourth-order valence-electron chi connectivity index (χ4n) is 3.62. The van der Waals surface area contributed by atoms with Crippen LogP contribution < -0.4 is 9.64 Å². The maximum atomic E-state index is 12.6. The number of amides is 1. The van der Waals surface area contributed by atoms with Crippen molar-refractivity contribution in [1.82, 2.24) is 14.3 Å². The van der Waals surface area contributed by atoms with Gasteiger partial charge < -0.3 is 14.5 Å². The van der Waals surface area contributed by atoms with Crippen molar-refractivity contribution >= 4 is 17.4 Å². The summed E-state index contributed by atoms with van der Waals surface area (Å²) in [6, 6.07) is 17.8. The van der Waals surface area contributed by atoms with Crippen LogP contribution in [-0.4, -0.2) is 52.9 Å². The van der Waals surface area contributed by atoms with E-state index in [-0.39, 0.29) is 5.91 Å². The highest BCUT2D eigenvalue weighted by Gasteiger charge is 2.22. The van der Waals surface area contributed by atoms with E-state index < -0.39 is 0 Å². The smallest absolute Gasteiger partial charge is 0.298 e. The fraction of sp³-hybridized carbons (Fsp3) is 0.348. The Balaban J connectivity index is 1.29. The molecule has 1 saturated heterocycles. The van der Waals surface area contributed by atoms with Crippen LogP contribution in [0.1, 0.15) is 23.9 Å². The molecule has 6 nitrogen and oxygen atoms in total. The highest BCUT2D eigenvalue weighted by molar-refractivity contribution is 7.07. The third-order valence-electron chi connectivity index (χ3n) is 5.46. The maximum absolute atomic E-state index is 12.6. The van der Waals surface area contributed by atoms with Gasteiger partial charge in [-0.15, -0.1) is 0 Å². The number of aromatic nitrogens is 2. The molecule has 156 valence electrons.